The minimum Gasteiger partial charge on any atom is -0.469 e. The van der Waals surface area contributed by atoms with Crippen molar-refractivity contribution in [2.75, 3.05) is 21.3 Å². The van der Waals surface area contributed by atoms with Crippen LogP contribution in [0, 0.1) is 23.2 Å². The Morgan fingerprint density at radius 2 is 1.65 bits per heavy atom. The Balaban J connectivity index is 2.63. The van der Waals surface area contributed by atoms with Crippen LogP contribution in [0.15, 0.2) is 11.6 Å². The molecule has 1 fully saturated rings. The minimum atomic E-state index is -0.701. The standard InChI is InChI=1S/C17H26O6/c1-9-8-10(13(18)20-5)11(14(19)21-6)12-16(2,3)15(22-7)23-17(9,12)4/h8,10-12,15H,1-7H3. The molecule has 0 spiro atoms. The quantitative estimate of drug-likeness (QED) is 0.583. The highest BCUT2D eigenvalue weighted by atomic mass is 16.7. The predicted octanol–water partition coefficient (Wildman–Crippen LogP) is 1.93. The molecule has 23 heavy (non-hydrogen) atoms. The lowest BCUT2D eigenvalue weighted by Gasteiger charge is -2.45. The zero-order chi connectivity index (χ0) is 17.6. The van der Waals surface area contributed by atoms with Gasteiger partial charge in [0.2, 0.25) is 0 Å². The number of carbonyl (C=O) groups excluding carboxylic acids is 2. The second-order valence-corrected chi connectivity index (χ2v) is 7.04. The van der Waals surface area contributed by atoms with E-state index in [1.54, 1.807) is 13.2 Å². The van der Waals surface area contributed by atoms with E-state index in [2.05, 4.69) is 0 Å². The molecule has 1 saturated heterocycles. The number of rotatable bonds is 3. The van der Waals surface area contributed by atoms with Crippen LogP contribution in [0.3, 0.4) is 0 Å². The van der Waals surface area contributed by atoms with Gasteiger partial charge in [0.1, 0.15) is 0 Å². The molecule has 0 aromatic heterocycles. The molecule has 6 heteroatoms. The average molecular weight is 326 g/mol. The van der Waals surface area contributed by atoms with Crippen molar-refractivity contribution < 1.29 is 28.5 Å². The molecule has 1 aliphatic heterocycles. The summed E-state index contributed by atoms with van der Waals surface area (Å²) in [6, 6.07) is 0. The molecule has 1 aliphatic carbocycles. The number of methoxy groups -OCH3 is 3. The van der Waals surface area contributed by atoms with Crippen LogP contribution < -0.4 is 0 Å². The van der Waals surface area contributed by atoms with Crippen LogP contribution in [0.1, 0.15) is 27.7 Å². The van der Waals surface area contributed by atoms with Crippen molar-refractivity contribution in [1.29, 1.82) is 0 Å². The van der Waals surface area contributed by atoms with Crippen molar-refractivity contribution in [3.05, 3.63) is 11.6 Å². The van der Waals surface area contributed by atoms with Crippen molar-refractivity contribution in [3.63, 3.8) is 0 Å². The van der Waals surface area contributed by atoms with E-state index in [1.165, 1.54) is 14.2 Å². The minimum absolute atomic E-state index is 0.276. The number of esters is 2. The smallest absolute Gasteiger partial charge is 0.313 e. The van der Waals surface area contributed by atoms with Crippen LogP contribution in [-0.4, -0.2) is 45.2 Å². The third-order valence-corrected chi connectivity index (χ3v) is 5.47. The van der Waals surface area contributed by atoms with Crippen LogP contribution in [0.25, 0.3) is 0 Å². The molecule has 2 aliphatic rings. The lowest BCUT2D eigenvalue weighted by Crippen LogP contribution is -2.52. The van der Waals surface area contributed by atoms with Crippen LogP contribution in [0.4, 0.5) is 0 Å². The predicted molar refractivity (Wildman–Crippen MR) is 82.3 cm³/mol. The van der Waals surface area contributed by atoms with E-state index in [-0.39, 0.29) is 5.92 Å². The number of hydrogen-bond acceptors (Lipinski definition) is 6. The summed E-state index contributed by atoms with van der Waals surface area (Å²) in [6.07, 6.45) is 1.28. The first-order valence-electron chi connectivity index (χ1n) is 7.70. The van der Waals surface area contributed by atoms with E-state index in [0.717, 1.165) is 5.57 Å². The highest BCUT2D eigenvalue weighted by Gasteiger charge is 2.65. The van der Waals surface area contributed by atoms with E-state index >= 15 is 0 Å². The van der Waals surface area contributed by atoms with Gasteiger partial charge in [0.25, 0.3) is 0 Å². The Morgan fingerprint density at radius 1 is 1.09 bits per heavy atom. The fraction of sp³-hybridized carbons (Fsp3) is 0.765. The van der Waals surface area contributed by atoms with Gasteiger partial charge in [-0.2, -0.15) is 0 Å². The van der Waals surface area contributed by atoms with E-state index in [4.69, 9.17) is 18.9 Å². The molecule has 0 amide bonds. The molecule has 0 bridgehead atoms. The van der Waals surface area contributed by atoms with Crippen molar-refractivity contribution >= 4 is 11.9 Å². The Kier molecular flexibility index (Phi) is 4.61. The second kappa shape index (κ2) is 5.91. The van der Waals surface area contributed by atoms with Gasteiger partial charge in [-0.25, -0.2) is 0 Å². The van der Waals surface area contributed by atoms with E-state index < -0.39 is 41.1 Å². The van der Waals surface area contributed by atoms with Gasteiger partial charge < -0.3 is 18.9 Å². The SMILES string of the molecule is COC(=O)C1C=C(C)C2(C)OC(OC)C(C)(C)C2C1C(=O)OC. The van der Waals surface area contributed by atoms with Gasteiger partial charge in [0.15, 0.2) is 6.29 Å². The lowest BCUT2D eigenvalue weighted by atomic mass is 9.58. The Bertz CT molecular complexity index is 537. The van der Waals surface area contributed by atoms with Gasteiger partial charge in [-0.1, -0.05) is 19.9 Å². The lowest BCUT2D eigenvalue weighted by molar-refractivity contribution is -0.167. The summed E-state index contributed by atoms with van der Waals surface area (Å²) in [7, 11) is 4.23. The Labute approximate surface area is 137 Å². The number of ether oxygens (including phenoxy) is 4. The first-order chi connectivity index (χ1) is 10.6. The Morgan fingerprint density at radius 3 is 2.13 bits per heavy atom. The summed E-state index contributed by atoms with van der Waals surface area (Å²) >= 11 is 0. The number of hydrogen-bond donors (Lipinski definition) is 0. The van der Waals surface area contributed by atoms with Crippen LogP contribution >= 0.6 is 0 Å². The van der Waals surface area contributed by atoms with Crippen LogP contribution in [0.5, 0.6) is 0 Å². The molecular formula is C17H26O6. The van der Waals surface area contributed by atoms with E-state index in [9.17, 15) is 9.59 Å². The molecule has 0 N–H and O–H groups in total. The van der Waals surface area contributed by atoms with Gasteiger partial charge in [0.05, 0.1) is 31.7 Å². The zero-order valence-electron chi connectivity index (χ0n) is 14.8. The van der Waals surface area contributed by atoms with Crippen molar-refractivity contribution in [1.82, 2.24) is 0 Å². The van der Waals surface area contributed by atoms with Gasteiger partial charge in [-0.15, -0.1) is 0 Å². The summed E-state index contributed by atoms with van der Waals surface area (Å²) in [6.45, 7) is 7.82. The number of fused-ring (bicyclic) bond motifs is 1. The molecule has 0 saturated carbocycles. The monoisotopic (exact) mass is 326 g/mol. The molecule has 5 atom stereocenters. The number of carbonyl (C=O) groups is 2. The summed E-state index contributed by atoms with van der Waals surface area (Å²) in [5.41, 5.74) is -0.289. The molecule has 0 aromatic rings. The molecule has 2 rings (SSSR count). The maximum atomic E-state index is 12.5. The fourth-order valence-corrected chi connectivity index (χ4v) is 4.31. The largest absolute Gasteiger partial charge is 0.469 e. The molecule has 6 nitrogen and oxygen atoms in total. The maximum absolute atomic E-state index is 12.5. The first-order valence-corrected chi connectivity index (χ1v) is 7.70. The van der Waals surface area contributed by atoms with Gasteiger partial charge in [0, 0.05) is 18.4 Å². The van der Waals surface area contributed by atoms with Gasteiger partial charge >= 0.3 is 11.9 Å². The molecule has 130 valence electrons. The van der Waals surface area contributed by atoms with Crippen LogP contribution in [-0.2, 0) is 28.5 Å². The molecular weight excluding hydrogens is 300 g/mol. The maximum Gasteiger partial charge on any atom is 0.313 e. The third-order valence-electron chi connectivity index (χ3n) is 5.47. The topological polar surface area (TPSA) is 71.1 Å². The van der Waals surface area contributed by atoms with E-state index in [0.29, 0.717) is 0 Å². The first kappa shape index (κ1) is 17.9. The fourth-order valence-electron chi connectivity index (χ4n) is 4.31. The summed E-state index contributed by atoms with van der Waals surface area (Å²) in [5.74, 6) is -2.53. The third kappa shape index (κ3) is 2.48. The molecule has 0 radical (unpaired) electrons. The normalized spacial score (nSPS) is 38.5. The van der Waals surface area contributed by atoms with E-state index in [1.807, 2.05) is 27.7 Å². The molecule has 1 heterocycles. The summed E-state index contributed by atoms with van der Waals surface area (Å²) in [4.78, 5) is 24.8. The van der Waals surface area contributed by atoms with Crippen molar-refractivity contribution in [2.24, 2.45) is 23.2 Å². The highest BCUT2D eigenvalue weighted by molar-refractivity contribution is 5.85. The second-order valence-electron chi connectivity index (χ2n) is 7.04. The zero-order valence-corrected chi connectivity index (χ0v) is 14.8. The summed E-state index contributed by atoms with van der Waals surface area (Å²) < 4.78 is 21.6. The van der Waals surface area contributed by atoms with Crippen molar-refractivity contribution in [3.8, 4) is 0 Å². The summed E-state index contributed by atoms with van der Waals surface area (Å²) in [5, 5.41) is 0. The van der Waals surface area contributed by atoms with Crippen LogP contribution in [0.2, 0.25) is 0 Å². The van der Waals surface area contributed by atoms with Gasteiger partial charge in [-0.05, 0) is 19.4 Å². The molecule has 5 unspecified atom stereocenters. The average Bonchev–Trinajstić information content (AvgIpc) is 2.73. The van der Waals surface area contributed by atoms with Crippen molar-refractivity contribution in [2.45, 2.75) is 39.6 Å². The van der Waals surface area contributed by atoms with Gasteiger partial charge in [-0.3, -0.25) is 9.59 Å². The molecule has 0 aromatic carbocycles. The highest BCUT2D eigenvalue weighted by Crippen LogP contribution is 2.59. The Hall–Kier alpha value is -1.40.